The number of benzene rings is 1. The van der Waals surface area contributed by atoms with Gasteiger partial charge < -0.3 is 15.4 Å². The zero-order chi connectivity index (χ0) is 13.1. The summed E-state index contributed by atoms with van der Waals surface area (Å²) in [4.78, 5) is 12.2. The molecule has 0 spiro atoms. The van der Waals surface area contributed by atoms with Gasteiger partial charge in [0, 0.05) is 31.9 Å². The predicted octanol–water partition coefficient (Wildman–Crippen LogP) is 1.57. The number of para-hydroxylation sites is 1. The lowest BCUT2D eigenvalue weighted by Crippen LogP contribution is -2.41. The largest absolute Gasteiger partial charge is 0.381 e. The second-order valence-corrected chi connectivity index (χ2v) is 5.36. The number of hydrogen-bond donors (Lipinski definition) is 2. The van der Waals surface area contributed by atoms with Gasteiger partial charge in [-0.25, -0.2) is 0 Å². The molecule has 19 heavy (non-hydrogen) atoms. The smallest absolute Gasteiger partial charge is 0.242 e. The highest BCUT2D eigenvalue weighted by Gasteiger charge is 2.26. The number of amides is 1. The Morgan fingerprint density at radius 3 is 2.89 bits per heavy atom. The molecule has 0 unspecified atom stereocenters. The third-order valence-electron chi connectivity index (χ3n) is 3.99. The SMILES string of the molecule is O=C(NCC1CCOCC1)[C@@H]1Cc2ccccc2N1. The summed E-state index contributed by atoms with van der Waals surface area (Å²) in [5, 5.41) is 6.36. The zero-order valence-electron chi connectivity index (χ0n) is 11.0. The number of carbonyl (C=O) groups is 1. The van der Waals surface area contributed by atoms with Gasteiger partial charge in [0.25, 0.3) is 0 Å². The van der Waals surface area contributed by atoms with E-state index in [4.69, 9.17) is 4.74 Å². The van der Waals surface area contributed by atoms with E-state index in [1.807, 2.05) is 18.2 Å². The van der Waals surface area contributed by atoms with Crippen molar-refractivity contribution in [2.75, 3.05) is 25.1 Å². The second-order valence-electron chi connectivity index (χ2n) is 5.36. The van der Waals surface area contributed by atoms with Crippen LogP contribution in [0.4, 0.5) is 5.69 Å². The first kappa shape index (κ1) is 12.5. The number of ether oxygens (including phenoxy) is 1. The summed E-state index contributed by atoms with van der Waals surface area (Å²) in [5.41, 5.74) is 2.32. The molecular formula is C15H20N2O2. The molecule has 4 heteroatoms. The Labute approximate surface area is 113 Å². The summed E-state index contributed by atoms with van der Waals surface area (Å²) in [7, 11) is 0. The van der Waals surface area contributed by atoms with Gasteiger partial charge in [0.1, 0.15) is 6.04 Å². The average Bonchev–Trinajstić information content (AvgIpc) is 2.90. The molecule has 0 aromatic heterocycles. The maximum absolute atomic E-state index is 12.2. The molecule has 0 bridgehead atoms. The van der Waals surface area contributed by atoms with Crippen LogP contribution >= 0.6 is 0 Å². The maximum atomic E-state index is 12.2. The summed E-state index contributed by atoms with van der Waals surface area (Å²) in [6, 6.07) is 8.00. The van der Waals surface area contributed by atoms with Crippen molar-refractivity contribution in [3.63, 3.8) is 0 Å². The molecular weight excluding hydrogens is 240 g/mol. The van der Waals surface area contributed by atoms with Gasteiger partial charge in [-0.05, 0) is 30.4 Å². The minimum atomic E-state index is -0.114. The number of rotatable bonds is 3. The fraction of sp³-hybridized carbons (Fsp3) is 0.533. The summed E-state index contributed by atoms with van der Waals surface area (Å²) >= 11 is 0. The molecule has 0 saturated carbocycles. The molecule has 2 heterocycles. The van der Waals surface area contributed by atoms with Crippen LogP contribution in [0.25, 0.3) is 0 Å². The third-order valence-corrected chi connectivity index (χ3v) is 3.99. The molecule has 0 radical (unpaired) electrons. The van der Waals surface area contributed by atoms with Crippen molar-refractivity contribution in [1.29, 1.82) is 0 Å². The fourth-order valence-corrected chi connectivity index (χ4v) is 2.77. The fourth-order valence-electron chi connectivity index (χ4n) is 2.77. The van der Waals surface area contributed by atoms with Gasteiger partial charge in [0.2, 0.25) is 5.91 Å². The second kappa shape index (κ2) is 5.61. The van der Waals surface area contributed by atoms with Gasteiger partial charge in [0.15, 0.2) is 0 Å². The van der Waals surface area contributed by atoms with Crippen molar-refractivity contribution < 1.29 is 9.53 Å². The van der Waals surface area contributed by atoms with E-state index < -0.39 is 0 Å². The third kappa shape index (κ3) is 2.89. The Hall–Kier alpha value is -1.55. The van der Waals surface area contributed by atoms with Crippen molar-refractivity contribution >= 4 is 11.6 Å². The highest BCUT2D eigenvalue weighted by Crippen LogP contribution is 2.25. The van der Waals surface area contributed by atoms with Crippen molar-refractivity contribution in [2.24, 2.45) is 5.92 Å². The highest BCUT2D eigenvalue weighted by atomic mass is 16.5. The van der Waals surface area contributed by atoms with Crippen LogP contribution in [0.1, 0.15) is 18.4 Å². The van der Waals surface area contributed by atoms with Crippen molar-refractivity contribution in [2.45, 2.75) is 25.3 Å². The molecule has 0 aliphatic carbocycles. The molecule has 2 aliphatic rings. The molecule has 1 atom stereocenters. The quantitative estimate of drug-likeness (QED) is 0.867. The number of hydrogen-bond acceptors (Lipinski definition) is 3. The summed E-state index contributed by atoms with van der Waals surface area (Å²) < 4.78 is 5.32. The van der Waals surface area contributed by atoms with E-state index in [1.165, 1.54) is 5.56 Å². The molecule has 2 N–H and O–H groups in total. The van der Waals surface area contributed by atoms with Crippen LogP contribution in [0.5, 0.6) is 0 Å². The van der Waals surface area contributed by atoms with Gasteiger partial charge in [-0.1, -0.05) is 18.2 Å². The molecule has 4 nitrogen and oxygen atoms in total. The van der Waals surface area contributed by atoms with E-state index in [0.717, 1.165) is 44.7 Å². The van der Waals surface area contributed by atoms with Crippen LogP contribution in [0.3, 0.4) is 0 Å². The first-order valence-electron chi connectivity index (χ1n) is 7.03. The Balaban J connectivity index is 1.49. The standard InChI is InChI=1S/C15H20N2O2/c18-15(16-10-11-5-7-19-8-6-11)14-9-12-3-1-2-4-13(12)17-14/h1-4,11,14,17H,5-10H2,(H,16,18)/t14-/m0/s1. The topological polar surface area (TPSA) is 50.4 Å². The van der Waals surface area contributed by atoms with Crippen molar-refractivity contribution in [3.05, 3.63) is 29.8 Å². The molecule has 102 valence electrons. The van der Waals surface area contributed by atoms with Gasteiger partial charge in [0.05, 0.1) is 0 Å². The van der Waals surface area contributed by atoms with E-state index in [2.05, 4.69) is 16.7 Å². The van der Waals surface area contributed by atoms with E-state index in [1.54, 1.807) is 0 Å². The minimum Gasteiger partial charge on any atom is -0.381 e. The van der Waals surface area contributed by atoms with E-state index >= 15 is 0 Å². The predicted molar refractivity (Wildman–Crippen MR) is 74.1 cm³/mol. The normalized spacial score (nSPS) is 22.6. The molecule has 1 aromatic rings. The molecule has 1 fully saturated rings. The zero-order valence-corrected chi connectivity index (χ0v) is 11.0. The van der Waals surface area contributed by atoms with Crippen LogP contribution in [-0.4, -0.2) is 31.7 Å². The van der Waals surface area contributed by atoms with E-state index in [0.29, 0.717) is 5.92 Å². The average molecular weight is 260 g/mol. The number of carbonyl (C=O) groups excluding carboxylic acids is 1. The number of anilines is 1. The summed E-state index contributed by atoms with van der Waals surface area (Å²) in [6.07, 6.45) is 2.90. The molecule has 1 amide bonds. The van der Waals surface area contributed by atoms with Crippen molar-refractivity contribution in [1.82, 2.24) is 5.32 Å². The van der Waals surface area contributed by atoms with Crippen LogP contribution in [-0.2, 0) is 16.0 Å². The van der Waals surface area contributed by atoms with Gasteiger partial charge in [-0.15, -0.1) is 0 Å². The Kier molecular flexibility index (Phi) is 3.69. The Bertz CT molecular complexity index is 430. The maximum Gasteiger partial charge on any atom is 0.242 e. The monoisotopic (exact) mass is 260 g/mol. The first-order chi connectivity index (χ1) is 9.33. The molecule has 2 aliphatic heterocycles. The molecule has 1 saturated heterocycles. The van der Waals surface area contributed by atoms with Crippen LogP contribution < -0.4 is 10.6 Å². The summed E-state index contributed by atoms with van der Waals surface area (Å²) in [5.74, 6) is 0.684. The lowest BCUT2D eigenvalue weighted by atomic mass is 10.0. The van der Waals surface area contributed by atoms with Crippen LogP contribution in [0.2, 0.25) is 0 Å². The van der Waals surface area contributed by atoms with Crippen molar-refractivity contribution in [3.8, 4) is 0 Å². The lowest BCUT2D eigenvalue weighted by Gasteiger charge is -2.23. The van der Waals surface area contributed by atoms with E-state index in [9.17, 15) is 4.79 Å². The lowest BCUT2D eigenvalue weighted by molar-refractivity contribution is -0.122. The first-order valence-corrected chi connectivity index (χ1v) is 7.03. The Morgan fingerprint density at radius 2 is 2.11 bits per heavy atom. The summed E-state index contributed by atoms with van der Waals surface area (Å²) in [6.45, 7) is 2.43. The number of nitrogens with one attached hydrogen (secondary N) is 2. The van der Waals surface area contributed by atoms with Gasteiger partial charge >= 0.3 is 0 Å². The minimum absolute atomic E-state index is 0.114. The molecule has 3 rings (SSSR count). The van der Waals surface area contributed by atoms with Gasteiger partial charge in [-0.2, -0.15) is 0 Å². The molecule has 1 aromatic carbocycles. The Morgan fingerprint density at radius 1 is 1.32 bits per heavy atom. The van der Waals surface area contributed by atoms with Gasteiger partial charge in [-0.3, -0.25) is 4.79 Å². The van der Waals surface area contributed by atoms with Crippen LogP contribution in [0, 0.1) is 5.92 Å². The van der Waals surface area contributed by atoms with Crippen LogP contribution in [0.15, 0.2) is 24.3 Å². The van der Waals surface area contributed by atoms with E-state index in [-0.39, 0.29) is 11.9 Å². The number of fused-ring (bicyclic) bond motifs is 1. The highest BCUT2D eigenvalue weighted by molar-refractivity contribution is 5.87.